The molecule has 5 heteroatoms. The lowest BCUT2D eigenvalue weighted by atomic mass is 10.1. The number of aromatic nitrogens is 3. The number of nitrogens with zero attached hydrogens (tertiary/aromatic N) is 2. The van der Waals surface area contributed by atoms with Crippen molar-refractivity contribution in [3.63, 3.8) is 0 Å². The summed E-state index contributed by atoms with van der Waals surface area (Å²) in [5.74, 6) is 0.896. The molecule has 0 aliphatic heterocycles. The van der Waals surface area contributed by atoms with Gasteiger partial charge >= 0.3 is 0 Å². The number of hydrogen-bond donors (Lipinski definition) is 2. The van der Waals surface area contributed by atoms with Crippen LogP contribution in [0, 0.1) is 0 Å². The van der Waals surface area contributed by atoms with Crippen LogP contribution < -0.4 is 5.32 Å². The minimum Gasteiger partial charge on any atom is -0.369 e. The molecule has 2 heterocycles. The molecule has 0 unspecified atom stereocenters. The molecule has 0 aliphatic rings. The van der Waals surface area contributed by atoms with Crippen molar-refractivity contribution in [2.45, 2.75) is 19.8 Å². The van der Waals surface area contributed by atoms with E-state index in [2.05, 4.69) is 61.3 Å². The van der Waals surface area contributed by atoms with Gasteiger partial charge in [-0.1, -0.05) is 41.4 Å². The minimum atomic E-state index is 0.863. The second-order valence-corrected chi connectivity index (χ2v) is 5.87. The first-order valence-corrected chi connectivity index (χ1v) is 7.90. The third-order valence-corrected chi connectivity index (χ3v) is 3.93. The Morgan fingerprint density at radius 3 is 2.76 bits per heavy atom. The average molecular weight is 345 g/mol. The van der Waals surface area contributed by atoms with Crippen LogP contribution >= 0.6 is 15.9 Å². The molecular formula is C16H17BrN4. The maximum Gasteiger partial charge on any atom is 0.143 e. The van der Waals surface area contributed by atoms with Gasteiger partial charge in [0.2, 0.25) is 0 Å². The van der Waals surface area contributed by atoms with Gasteiger partial charge in [0, 0.05) is 16.7 Å². The Morgan fingerprint density at radius 1 is 1.19 bits per heavy atom. The highest BCUT2D eigenvalue weighted by Crippen LogP contribution is 2.27. The molecule has 2 N–H and O–H groups in total. The van der Waals surface area contributed by atoms with Crippen molar-refractivity contribution in [2.75, 3.05) is 11.9 Å². The number of halogens is 1. The standard InChI is InChI=1S/C16H17BrN4/c1-2-3-8-18-15-13-9-14(21-16(13)20-10-19-15)11-4-6-12(17)7-5-11/h4-7,9-10H,2-3,8H2,1H3,(H2,18,19,20,21). The van der Waals surface area contributed by atoms with Crippen molar-refractivity contribution in [2.24, 2.45) is 0 Å². The predicted molar refractivity (Wildman–Crippen MR) is 90.4 cm³/mol. The molecule has 0 bridgehead atoms. The van der Waals surface area contributed by atoms with E-state index in [-0.39, 0.29) is 0 Å². The van der Waals surface area contributed by atoms with Gasteiger partial charge < -0.3 is 10.3 Å². The van der Waals surface area contributed by atoms with Gasteiger partial charge in [0.1, 0.15) is 17.8 Å². The van der Waals surface area contributed by atoms with Crippen molar-refractivity contribution in [1.82, 2.24) is 15.0 Å². The van der Waals surface area contributed by atoms with Crippen LogP contribution in [0.15, 0.2) is 41.1 Å². The van der Waals surface area contributed by atoms with Crippen LogP contribution in [0.3, 0.4) is 0 Å². The van der Waals surface area contributed by atoms with Crippen molar-refractivity contribution in [3.8, 4) is 11.3 Å². The second-order valence-electron chi connectivity index (χ2n) is 4.95. The van der Waals surface area contributed by atoms with E-state index in [9.17, 15) is 0 Å². The Morgan fingerprint density at radius 2 is 2.00 bits per heavy atom. The summed E-state index contributed by atoms with van der Waals surface area (Å²) in [6, 6.07) is 10.3. The summed E-state index contributed by atoms with van der Waals surface area (Å²) in [6.45, 7) is 3.11. The number of unbranched alkanes of at least 4 members (excludes halogenated alkanes) is 1. The zero-order valence-electron chi connectivity index (χ0n) is 11.9. The smallest absolute Gasteiger partial charge is 0.143 e. The van der Waals surface area contributed by atoms with Gasteiger partial charge in [-0.2, -0.15) is 0 Å². The van der Waals surface area contributed by atoms with E-state index in [4.69, 9.17) is 0 Å². The molecule has 0 atom stereocenters. The molecular weight excluding hydrogens is 328 g/mol. The van der Waals surface area contributed by atoms with Crippen LogP contribution in [0.25, 0.3) is 22.3 Å². The van der Waals surface area contributed by atoms with Crippen LogP contribution in [0.2, 0.25) is 0 Å². The highest BCUT2D eigenvalue weighted by Gasteiger charge is 2.08. The van der Waals surface area contributed by atoms with Crippen LogP contribution in [0.1, 0.15) is 19.8 Å². The van der Waals surface area contributed by atoms with Gasteiger partial charge in [0.25, 0.3) is 0 Å². The number of benzene rings is 1. The summed E-state index contributed by atoms with van der Waals surface area (Å²) in [7, 11) is 0. The molecule has 0 saturated heterocycles. The summed E-state index contributed by atoms with van der Waals surface area (Å²) in [6.07, 6.45) is 3.90. The zero-order valence-corrected chi connectivity index (χ0v) is 13.4. The van der Waals surface area contributed by atoms with E-state index >= 15 is 0 Å². The second kappa shape index (κ2) is 6.26. The monoisotopic (exact) mass is 344 g/mol. The molecule has 0 fully saturated rings. The zero-order chi connectivity index (χ0) is 14.7. The maximum absolute atomic E-state index is 4.35. The third-order valence-electron chi connectivity index (χ3n) is 3.40. The van der Waals surface area contributed by atoms with Crippen molar-refractivity contribution < 1.29 is 0 Å². The third kappa shape index (κ3) is 3.08. The van der Waals surface area contributed by atoms with Crippen molar-refractivity contribution in [3.05, 3.63) is 41.1 Å². The predicted octanol–water partition coefficient (Wildman–Crippen LogP) is 4.60. The fraction of sp³-hybridized carbons (Fsp3) is 0.250. The maximum atomic E-state index is 4.35. The SMILES string of the molecule is CCCCNc1ncnc2[nH]c(-c3ccc(Br)cc3)cc12. The minimum absolute atomic E-state index is 0.863. The molecule has 1 aromatic carbocycles. The molecule has 2 aromatic heterocycles. The normalized spacial score (nSPS) is 11.0. The van der Waals surface area contributed by atoms with Crippen molar-refractivity contribution >= 4 is 32.8 Å². The first-order chi connectivity index (χ1) is 10.3. The largest absolute Gasteiger partial charge is 0.369 e. The number of H-pyrrole nitrogens is 1. The highest BCUT2D eigenvalue weighted by molar-refractivity contribution is 9.10. The Balaban J connectivity index is 1.95. The van der Waals surface area contributed by atoms with Gasteiger partial charge in [-0.3, -0.25) is 0 Å². The lowest BCUT2D eigenvalue weighted by Crippen LogP contribution is -2.03. The summed E-state index contributed by atoms with van der Waals surface area (Å²) in [5, 5.41) is 4.42. The summed E-state index contributed by atoms with van der Waals surface area (Å²) >= 11 is 3.46. The number of aromatic amines is 1. The van der Waals surface area contributed by atoms with Crippen LogP contribution in [0.4, 0.5) is 5.82 Å². The van der Waals surface area contributed by atoms with Gasteiger partial charge in [0.05, 0.1) is 5.39 Å². The fourth-order valence-corrected chi connectivity index (χ4v) is 2.51. The van der Waals surface area contributed by atoms with Gasteiger partial charge in [0.15, 0.2) is 0 Å². The molecule has 21 heavy (non-hydrogen) atoms. The lowest BCUT2D eigenvalue weighted by molar-refractivity contribution is 0.831. The molecule has 0 radical (unpaired) electrons. The number of hydrogen-bond acceptors (Lipinski definition) is 3. The summed E-state index contributed by atoms with van der Waals surface area (Å²) in [5.41, 5.74) is 3.05. The summed E-state index contributed by atoms with van der Waals surface area (Å²) < 4.78 is 1.07. The Hall–Kier alpha value is -1.88. The van der Waals surface area contributed by atoms with E-state index in [1.807, 2.05) is 12.1 Å². The average Bonchev–Trinajstić information content (AvgIpc) is 2.93. The molecule has 0 amide bonds. The highest BCUT2D eigenvalue weighted by atomic mass is 79.9. The number of nitrogens with one attached hydrogen (secondary N) is 2. The molecule has 0 aliphatic carbocycles. The number of rotatable bonds is 5. The van der Waals surface area contributed by atoms with Crippen molar-refractivity contribution in [1.29, 1.82) is 0 Å². The van der Waals surface area contributed by atoms with Gasteiger partial charge in [-0.05, 0) is 30.2 Å². The van der Waals surface area contributed by atoms with Crippen LogP contribution in [-0.2, 0) is 0 Å². The molecule has 0 spiro atoms. The van der Waals surface area contributed by atoms with E-state index in [1.165, 1.54) is 6.42 Å². The first kappa shape index (κ1) is 14.1. The topological polar surface area (TPSA) is 53.6 Å². The molecule has 3 aromatic rings. The van der Waals surface area contributed by atoms with Gasteiger partial charge in [-0.25, -0.2) is 9.97 Å². The number of fused-ring (bicyclic) bond motifs is 1. The van der Waals surface area contributed by atoms with Crippen LogP contribution in [0.5, 0.6) is 0 Å². The Kier molecular flexibility index (Phi) is 4.20. The molecule has 0 saturated carbocycles. The van der Waals surface area contributed by atoms with Crippen LogP contribution in [-0.4, -0.2) is 21.5 Å². The van der Waals surface area contributed by atoms with E-state index in [1.54, 1.807) is 6.33 Å². The van der Waals surface area contributed by atoms with E-state index in [0.29, 0.717) is 0 Å². The van der Waals surface area contributed by atoms with E-state index < -0.39 is 0 Å². The molecule has 108 valence electrons. The quantitative estimate of drug-likeness (QED) is 0.665. The lowest BCUT2D eigenvalue weighted by Gasteiger charge is -2.04. The van der Waals surface area contributed by atoms with E-state index in [0.717, 1.165) is 45.5 Å². The fourth-order valence-electron chi connectivity index (χ4n) is 2.25. The molecule has 3 rings (SSSR count). The Labute approximate surface area is 132 Å². The number of anilines is 1. The Bertz CT molecular complexity index is 734. The molecule has 4 nitrogen and oxygen atoms in total. The summed E-state index contributed by atoms with van der Waals surface area (Å²) in [4.78, 5) is 12.0. The first-order valence-electron chi connectivity index (χ1n) is 7.11. The van der Waals surface area contributed by atoms with Gasteiger partial charge in [-0.15, -0.1) is 0 Å².